The molecule has 2 heterocycles. The van der Waals surface area contributed by atoms with Crippen LogP contribution in [0.4, 0.5) is 4.39 Å². The fourth-order valence-electron chi connectivity index (χ4n) is 3.33. The standard InChI is InChI=1S/C25H23FN4O3/c26-20-12-10-18(11-13-20)24-19(17-30(29-24)21-6-2-1-3-7-21)16-28-23(31)9-4-14-27-25(32)22-8-5-15-33-22/h1-3,5-8,10-13,15,17H,4,9,14,16H2,(H,27,32)(H,28,31). The van der Waals surface area contributed by atoms with Crippen LogP contribution < -0.4 is 10.6 Å². The predicted molar refractivity (Wildman–Crippen MR) is 121 cm³/mol. The number of furan rings is 1. The zero-order valence-corrected chi connectivity index (χ0v) is 17.8. The van der Waals surface area contributed by atoms with Gasteiger partial charge in [0.1, 0.15) is 5.82 Å². The van der Waals surface area contributed by atoms with E-state index in [4.69, 9.17) is 4.42 Å². The molecule has 0 aliphatic carbocycles. The highest BCUT2D eigenvalue weighted by Crippen LogP contribution is 2.24. The summed E-state index contributed by atoms with van der Waals surface area (Å²) in [5.74, 6) is -0.532. The first-order valence-electron chi connectivity index (χ1n) is 10.6. The number of hydrogen-bond donors (Lipinski definition) is 2. The highest BCUT2D eigenvalue weighted by Gasteiger charge is 2.14. The van der Waals surface area contributed by atoms with Crippen LogP contribution in [0.3, 0.4) is 0 Å². The number of para-hydroxylation sites is 1. The quantitative estimate of drug-likeness (QED) is 0.379. The molecule has 7 nitrogen and oxygen atoms in total. The van der Waals surface area contributed by atoms with Crippen LogP contribution in [0.2, 0.25) is 0 Å². The van der Waals surface area contributed by atoms with E-state index in [9.17, 15) is 14.0 Å². The number of benzene rings is 2. The summed E-state index contributed by atoms with van der Waals surface area (Å²) in [5.41, 5.74) is 3.12. The molecule has 8 heteroatoms. The van der Waals surface area contributed by atoms with Crippen molar-refractivity contribution in [3.05, 3.63) is 96.3 Å². The molecule has 4 aromatic rings. The van der Waals surface area contributed by atoms with Crippen molar-refractivity contribution in [3.8, 4) is 16.9 Å². The van der Waals surface area contributed by atoms with Crippen LogP contribution in [0.25, 0.3) is 16.9 Å². The summed E-state index contributed by atoms with van der Waals surface area (Å²) in [7, 11) is 0. The number of rotatable bonds is 9. The summed E-state index contributed by atoms with van der Waals surface area (Å²) in [6.07, 6.45) is 4.05. The Hall–Kier alpha value is -4.20. The Morgan fingerprint density at radius 1 is 0.970 bits per heavy atom. The van der Waals surface area contributed by atoms with Crippen LogP contribution in [0.1, 0.15) is 29.0 Å². The summed E-state index contributed by atoms with van der Waals surface area (Å²) < 4.78 is 20.2. The van der Waals surface area contributed by atoms with E-state index in [-0.39, 0.29) is 36.4 Å². The van der Waals surface area contributed by atoms with Crippen molar-refractivity contribution in [2.75, 3.05) is 6.54 Å². The molecule has 0 atom stereocenters. The lowest BCUT2D eigenvalue weighted by Crippen LogP contribution is -2.27. The first-order valence-corrected chi connectivity index (χ1v) is 10.6. The summed E-state index contributed by atoms with van der Waals surface area (Å²) in [5, 5.41) is 10.3. The molecular weight excluding hydrogens is 423 g/mol. The molecule has 2 amide bonds. The second-order valence-corrected chi connectivity index (χ2v) is 7.40. The average molecular weight is 446 g/mol. The van der Waals surface area contributed by atoms with Crippen molar-refractivity contribution in [1.82, 2.24) is 20.4 Å². The van der Waals surface area contributed by atoms with Gasteiger partial charge in [0.2, 0.25) is 5.91 Å². The van der Waals surface area contributed by atoms with Crippen molar-refractivity contribution in [1.29, 1.82) is 0 Å². The summed E-state index contributed by atoms with van der Waals surface area (Å²) in [6, 6.07) is 18.9. The Kier molecular flexibility index (Phi) is 6.94. The normalized spacial score (nSPS) is 10.7. The fourth-order valence-corrected chi connectivity index (χ4v) is 3.33. The molecule has 2 N–H and O–H groups in total. The zero-order chi connectivity index (χ0) is 23.0. The van der Waals surface area contributed by atoms with E-state index < -0.39 is 0 Å². The minimum absolute atomic E-state index is 0.139. The minimum atomic E-state index is -0.324. The molecule has 4 rings (SSSR count). The molecule has 0 bridgehead atoms. The van der Waals surface area contributed by atoms with E-state index in [1.165, 1.54) is 18.4 Å². The van der Waals surface area contributed by atoms with Crippen molar-refractivity contribution < 1.29 is 18.4 Å². The van der Waals surface area contributed by atoms with E-state index >= 15 is 0 Å². The van der Waals surface area contributed by atoms with Gasteiger partial charge in [-0.15, -0.1) is 0 Å². The number of nitrogens with one attached hydrogen (secondary N) is 2. The monoisotopic (exact) mass is 446 g/mol. The number of nitrogens with zero attached hydrogens (tertiary/aromatic N) is 2. The number of aromatic nitrogens is 2. The van der Waals surface area contributed by atoms with Crippen LogP contribution in [0.5, 0.6) is 0 Å². The summed E-state index contributed by atoms with van der Waals surface area (Å²) >= 11 is 0. The van der Waals surface area contributed by atoms with Gasteiger partial charge in [0.15, 0.2) is 5.76 Å². The molecular formula is C25H23FN4O3. The van der Waals surface area contributed by atoms with Crippen molar-refractivity contribution in [2.24, 2.45) is 0 Å². The Balaban J connectivity index is 1.37. The maximum Gasteiger partial charge on any atom is 0.286 e. The van der Waals surface area contributed by atoms with Crippen molar-refractivity contribution in [2.45, 2.75) is 19.4 Å². The SMILES string of the molecule is O=C(CCCNC(=O)c1ccco1)NCc1cn(-c2ccccc2)nc1-c1ccc(F)cc1. The van der Waals surface area contributed by atoms with Crippen molar-refractivity contribution in [3.63, 3.8) is 0 Å². The number of halogens is 1. The largest absolute Gasteiger partial charge is 0.459 e. The second-order valence-electron chi connectivity index (χ2n) is 7.40. The molecule has 2 aromatic carbocycles. The molecule has 0 radical (unpaired) electrons. The van der Waals surface area contributed by atoms with Gasteiger partial charge in [0, 0.05) is 36.8 Å². The topological polar surface area (TPSA) is 89.2 Å². The maximum atomic E-state index is 13.4. The Morgan fingerprint density at radius 3 is 2.48 bits per heavy atom. The fraction of sp³-hybridized carbons (Fsp3) is 0.160. The summed E-state index contributed by atoms with van der Waals surface area (Å²) in [4.78, 5) is 24.2. The highest BCUT2D eigenvalue weighted by molar-refractivity contribution is 5.91. The lowest BCUT2D eigenvalue weighted by atomic mass is 10.1. The van der Waals surface area contributed by atoms with Gasteiger partial charge in [-0.2, -0.15) is 5.10 Å². The molecule has 0 saturated carbocycles. The lowest BCUT2D eigenvalue weighted by Gasteiger charge is -2.06. The molecule has 33 heavy (non-hydrogen) atoms. The maximum absolute atomic E-state index is 13.4. The summed E-state index contributed by atoms with van der Waals surface area (Å²) in [6.45, 7) is 0.636. The van der Waals surface area contributed by atoms with E-state index in [0.29, 0.717) is 18.7 Å². The molecule has 0 fully saturated rings. The number of carbonyl (C=O) groups is 2. The predicted octanol–water partition coefficient (Wildman–Crippen LogP) is 4.10. The third-order valence-corrected chi connectivity index (χ3v) is 5.02. The van der Waals surface area contributed by atoms with Gasteiger partial charge in [-0.05, 0) is 55.0 Å². The highest BCUT2D eigenvalue weighted by atomic mass is 19.1. The molecule has 2 aromatic heterocycles. The first kappa shape index (κ1) is 22.0. The van der Waals surface area contributed by atoms with Gasteiger partial charge in [-0.1, -0.05) is 18.2 Å². The van der Waals surface area contributed by atoms with Crippen LogP contribution >= 0.6 is 0 Å². The van der Waals surface area contributed by atoms with Crippen LogP contribution in [-0.2, 0) is 11.3 Å². The lowest BCUT2D eigenvalue weighted by molar-refractivity contribution is -0.121. The molecule has 0 unspecified atom stereocenters. The van der Waals surface area contributed by atoms with Gasteiger partial charge in [-0.25, -0.2) is 9.07 Å². The third kappa shape index (κ3) is 5.74. The second kappa shape index (κ2) is 10.4. The molecule has 0 spiro atoms. The molecule has 0 saturated heterocycles. The Bertz CT molecular complexity index is 1200. The first-order chi connectivity index (χ1) is 16.1. The van der Waals surface area contributed by atoms with Crippen molar-refractivity contribution >= 4 is 11.8 Å². The van der Waals surface area contributed by atoms with Crippen LogP contribution in [0, 0.1) is 5.82 Å². The van der Waals surface area contributed by atoms with Gasteiger partial charge in [-0.3, -0.25) is 9.59 Å². The Labute approximate surface area is 190 Å². The van der Waals surface area contributed by atoms with Gasteiger partial charge >= 0.3 is 0 Å². The number of hydrogen-bond acceptors (Lipinski definition) is 4. The van der Waals surface area contributed by atoms with E-state index in [2.05, 4.69) is 15.7 Å². The zero-order valence-electron chi connectivity index (χ0n) is 17.8. The van der Waals surface area contributed by atoms with Gasteiger partial charge in [0.05, 0.1) is 17.6 Å². The number of carbonyl (C=O) groups excluding carboxylic acids is 2. The van der Waals surface area contributed by atoms with E-state index in [1.54, 1.807) is 28.9 Å². The third-order valence-electron chi connectivity index (χ3n) is 5.02. The molecule has 0 aliphatic rings. The van der Waals surface area contributed by atoms with Gasteiger partial charge in [0.25, 0.3) is 5.91 Å². The molecule has 168 valence electrons. The van der Waals surface area contributed by atoms with Crippen LogP contribution in [0.15, 0.2) is 83.6 Å². The Morgan fingerprint density at radius 2 is 1.76 bits per heavy atom. The number of amides is 2. The van der Waals surface area contributed by atoms with E-state index in [0.717, 1.165) is 16.8 Å². The van der Waals surface area contributed by atoms with Crippen LogP contribution in [-0.4, -0.2) is 28.1 Å². The smallest absolute Gasteiger partial charge is 0.286 e. The average Bonchev–Trinajstić information content (AvgIpc) is 3.52. The molecule has 0 aliphatic heterocycles. The van der Waals surface area contributed by atoms with E-state index in [1.807, 2.05) is 36.5 Å². The minimum Gasteiger partial charge on any atom is -0.459 e. The van der Waals surface area contributed by atoms with Gasteiger partial charge < -0.3 is 15.1 Å².